The molecule has 0 aliphatic rings. The first-order valence-electron chi connectivity index (χ1n) is 4.79. The third-order valence-electron chi connectivity index (χ3n) is 1.74. The van der Waals surface area contributed by atoms with Crippen molar-refractivity contribution in [2.24, 2.45) is 0 Å². The topological polar surface area (TPSA) is 12.0 Å². The van der Waals surface area contributed by atoms with Crippen molar-refractivity contribution >= 4 is 0 Å². The van der Waals surface area contributed by atoms with Crippen LogP contribution in [0.15, 0.2) is 36.0 Å². The predicted molar refractivity (Wildman–Crippen MR) is 60.8 cm³/mol. The van der Waals surface area contributed by atoms with Crippen molar-refractivity contribution in [3.05, 3.63) is 36.0 Å². The van der Waals surface area contributed by atoms with Gasteiger partial charge >= 0.3 is 0 Å². The van der Waals surface area contributed by atoms with Crippen molar-refractivity contribution in [3.63, 3.8) is 0 Å². The van der Waals surface area contributed by atoms with Gasteiger partial charge in [0.2, 0.25) is 0 Å². The van der Waals surface area contributed by atoms with Crippen molar-refractivity contribution in [1.82, 2.24) is 5.32 Å². The summed E-state index contributed by atoms with van der Waals surface area (Å²) in [6.07, 6.45) is 6.18. The van der Waals surface area contributed by atoms with Crippen molar-refractivity contribution in [1.29, 1.82) is 0 Å². The third-order valence-corrected chi connectivity index (χ3v) is 1.74. The average Bonchev–Trinajstić information content (AvgIpc) is 2.03. The van der Waals surface area contributed by atoms with Gasteiger partial charge in [0.25, 0.3) is 0 Å². The lowest BCUT2D eigenvalue weighted by molar-refractivity contribution is 0.623. The van der Waals surface area contributed by atoms with Crippen molar-refractivity contribution in [2.45, 2.75) is 33.7 Å². The lowest BCUT2D eigenvalue weighted by atomic mass is 10.1. The van der Waals surface area contributed by atoms with E-state index in [1.165, 1.54) is 5.57 Å². The maximum Gasteiger partial charge on any atom is 0.0210 e. The minimum absolute atomic E-state index is 0.522. The standard InChI is InChI=1S/C12H21N/c1-6-7-8-12(10(2)3)9-13-11(4)5/h6-8,11,13H,2,9H2,1,3-5H3/b7-6-,12-8-. The van der Waals surface area contributed by atoms with E-state index in [0.29, 0.717) is 6.04 Å². The van der Waals surface area contributed by atoms with Gasteiger partial charge in [-0.3, -0.25) is 0 Å². The third kappa shape index (κ3) is 6.35. The molecule has 0 aromatic rings. The summed E-state index contributed by atoms with van der Waals surface area (Å²) in [7, 11) is 0. The van der Waals surface area contributed by atoms with Gasteiger partial charge in [-0.15, -0.1) is 0 Å². The molecule has 0 aromatic carbocycles. The van der Waals surface area contributed by atoms with Gasteiger partial charge in [0, 0.05) is 12.6 Å². The lowest BCUT2D eigenvalue weighted by Crippen LogP contribution is -2.25. The molecule has 0 rings (SSSR count). The molecule has 0 fully saturated rings. The first-order valence-corrected chi connectivity index (χ1v) is 4.79. The van der Waals surface area contributed by atoms with Crippen molar-refractivity contribution < 1.29 is 0 Å². The number of allylic oxidation sites excluding steroid dienone is 3. The molecular weight excluding hydrogens is 158 g/mol. The Balaban J connectivity index is 4.19. The fourth-order valence-corrected chi connectivity index (χ4v) is 0.879. The van der Waals surface area contributed by atoms with E-state index in [1.54, 1.807) is 0 Å². The molecule has 0 aromatic heterocycles. The van der Waals surface area contributed by atoms with Gasteiger partial charge < -0.3 is 5.32 Å². The highest BCUT2D eigenvalue weighted by Gasteiger charge is 1.97. The van der Waals surface area contributed by atoms with E-state index in [1.807, 2.05) is 26.0 Å². The van der Waals surface area contributed by atoms with Gasteiger partial charge in [0.05, 0.1) is 0 Å². The monoisotopic (exact) mass is 179 g/mol. The van der Waals surface area contributed by atoms with Gasteiger partial charge in [-0.2, -0.15) is 0 Å². The summed E-state index contributed by atoms with van der Waals surface area (Å²) < 4.78 is 0. The fourth-order valence-electron chi connectivity index (χ4n) is 0.879. The van der Waals surface area contributed by atoms with Crippen molar-refractivity contribution in [2.75, 3.05) is 6.54 Å². The number of hydrogen-bond donors (Lipinski definition) is 1. The van der Waals surface area contributed by atoms with Gasteiger partial charge in [-0.25, -0.2) is 0 Å². The maximum absolute atomic E-state index is 3.94. The first-order chi connectivity index (χ1) is 6.07. The molecule has 0 bridgehead atoms. The molecule has 0 saturated carbocycles. The summed E-state index contributed by atoms with van der Waals surface area (Å²) >= 11 is 0. The number of hydrogen-bond acceptors (Lipinski definition) is 1. The van der Waals surface area contributed by atoms with Gasteiger partial charge in [0.1, 0.15) is 0 Å². The molecule has 0 aliphatic carbocycles. The molecule has 0 aliphatic heterocycles. The number of nitrogens with one attached hydrogen (secondary N) is 1. The largest absolute Gasteiger partial charge is 0.310 e. The molecule has 0 atom stereocenters. The molecule has 0 radical (unpaired) electrons. The van der Waals surface area contributed by atoms with E-state index < -0.39 is 0 Å². The first kappa shape index (κ1) is 12.2. The van der Waals surface area contributed by atoms with Crippen LogP contribution in [0.3, 0.4) is 0 Å². The number of rotatable bonds is 5. The lowest BCUT2D eigenvalue weighted by Gasteiger charge is -2.10. The Morgan fingerprint density at radius 1 is 1.46 bits per heavy atom. The Bertz CT molecular complexity index is 209. The van der Waals surface area contributed by atoms with Crippen LogP contribution in [0.1, 0.15) is 27.7 Å². The summed E-state index contributed by atoms with van der Waals surface area (Å²) in [6, 6.07) is 0.522. The fraction of sp³-hybridized carbons (Fsp3) is 0.500. The molecule has 74 valence electrons. The highest BCUT2D eigenvalue weighted by Crippen LogP contribution is 2.05. The van der Waals surface area contributed by atoms with Crippen LogP contribution in [0.5, 0.6) is 0 Å². The molecule has 1 heteroatoms. The molecule has 1 N–H and O–H groups in total. The van der Waals surface area contributed by atoms with E-state index >= 15 is 0 Å². The second kappa shape index (κ2) is 6.67. The zero-order valence-electron chi connectivity index (χ0n) is 9.22. The van der Waals surface area contributed by atoms with E-state index in [9.17, 15) is 0 Å². The Kier molecular flexibility index (Phi) is 6.25. The van der Waals surface area contributed by atoms with Crippen molar-refractivity contribution in [3.8, 4) is 0 Å². The summed E-state index contributed by atoms with van der Waals surface area (Å²) in [5, 5.41) is 3.37. The van der Waals surface area contributed by atoms with E-state index in [4.69, 9.17) is 0 Å². The molecule has 0 amide bonds. The minimum atomic E-state index is 0.522. The smallest absolute Gasteiger partial charge is 0.0210 e. The molecule has 13 heavy (non-hydrogen) atoms. The van der Waals surface area contributed by atoms with Crippen LogP contribution in [0.2, 0.25) is 0 Å². The summed E-state index contributed by atoms with van der Waals surface area (Å²) in [4.78, 5) is 0. The van der Waals surface area contributed by atoms with Crippen LogP contribution in [0.4, 0.5) is 0 Å². The Morgan fingerprint density at radius 2 is 2.08 bits per heavy atom. The molecule has 0 unspecified atom stereocenters. The quantitative estimate of drug-likeness (QED) is 0.640. The van der Waals surface area contributed by atoms with Crippen LogP contribution >= 0.6 is 0 Å². The van der Waals surface area contributed by atoms with Gasteiger partial charge in [-0.05, 0) is 19.4 Å². The summed E-state index contributed by atoms with van der Waals surface area (Å²) in [6.45, 7) is 13.2. The Morgan fingerprint density at radius 3 is 2.46 bits per heavy atom. The zero-order chi connectivity index (χ0) is 10.3. The summed E-state index contributed by atoms with van der Waals surface area (Å²) in [5.74, 6) is 0. The van der Waals surface area contributed by atoms with E-state index in [-0.39, 0.29) is 0 Å². The van der Waals surface area contributed by atoms with Crippen LogP contribution < -0.4 is 5.32 Å². The SMILES string of the molecule is C=C(C)/C(=C\C=C/C)CNC(C)C. The molecule has 0 spiro atoms. The normalized spacial score (nSPS) is 12.8. The van der Waals surface area contributed by atoms with Crippen LogP contribution in [-0.4, -0.2) is 12.6 Å². The highest BCUT2D eigenvalue weighted by molar-refractivity contribution is 5.31. The van der Waals surface area contributed by atoms with Crippen LogP contribution in [0, 0.1) is 0 Å². The van der Waals surface area contributed by atoms with E-state index in [2.05, 4.69) is 31.8 Å². The second-order valence-electron chi connectivity index (χ2n) is 3.53. The maximum atomic E-state index is 3.94. The van der Waals surface area contributed by atoms with E-state index in [0.717, 1.165) is 12.1 Å². The predicted octanol–water partition coefficient (Wildman–Crippen LogP) is 3.06. The van der Waals surface area contributed by atoms with Gasteiger partial charge in [-0.1, -0.05) is 44.2 Å². The Labute approximate surface area is 82.2 Å². The zero-order valence-corrected chi connectivity index (χ0v) is 9.22. The molecule has 0 saturated heterocycles. The molecular formula is C12H21N. The average molecular weight is 179 g/mol. The Hall–Kier alpha value is -0.820. The molecule has 0 heterocycles. The highest BCUT2D eigenvalue weighted by atomic mass is 14.9. The minimum Gasteiger partial charge on any atom is -0.310 e. The van der Waals surface area contributed by atoms with Crippen LogP contribution in [0.25, 0.3) is 0 Å². The summed E-state index contributed by atoms with van der Waals surface area (Å²) in [5.41, 5.74) is 2.40. The van der Waals surface area contributed by atoms with Crippen LogP contribution in [-0.2, 0) is 0 Å². The second-order valence-corrected chi connectivity index (χ2v) is 3.53. The van der Waals surface area contributed by atoms with Gasteiger partial charge in [0.15, 0.2) is 0 Å². The molecule has 1 nitrogen and oxygen atoms in total.